The maximum atomic E-state index is 12.7. The van der Waals surface area contributed by atoms with E-state index in [0.29, 0.717) is 24.0 Å². The zero-order valence-electron chi connectivity index (χ0n) is 23.8. The van der Waals surface area contributed by atoms with Gasteiger partial charge >= 0.3 is 6.36 Å². The predicted molar refractivity (Wildman–Crippen MR) is 163 cm³/mol. The highest BCUT2D eigenvalue weighted by Gasteiger charge is 2.31. The molecule has 1 N–H and O–H groups in total. The Morgan fingerprint density at radius 2 is 1.81 bits per heavy atom. The van der Waals surface area contributed by atoms with E-state index in [1.165, 1.54) is 46.5 Å². The lowest BCUT2D eigenvalue weighted by atomic mass is 10.0. The van der Waals surface area contributed by atoms with Crippen molar-refractivity contribution in [2.24, 2.45) is 0 Å². The lowest BCUT2D eigenvalue weighted by Crippen LogP contribution is -2.25. The quantitative estimate of drug-likeness (QED) is 0.153. The minimum absolute atomic E-state index is 0.0871. The predicted octanol–water partition coefficient (Wildman–Crippen LogP) is 7.10. The molecule has 1 saturated heterocycles. The fourth-order valence-electron chi connectivity index (χ4n) is 4.82. The number of halogens is 3. The van der Waals surface area contributed by atoms with E-state index in [4.69, 9.17) is 0 Å². The lowest BCUT2D eigenvalue weighted by molar-refractivity contribution is -0.274. The number of benzene rings is 3. The van der Waals surface area contributed by atoms with Crippen LogP contribution in [0.25, 0.3) is 17.1 Å². The molecule has 4 aromatic rings. The first-order valence-electron chi connectivity index (χ1n) is 14.0. The SMILES string of the molecule is CC(C)c1ccccc1N1CCS/C1=C\C(=O)NCCCc1ccc(-c2ncn(-c3ccc(OC(F)(F)F)cc3)n2)cc1. The van der Waals surface area contributed by atoms with Crippen molar-refractivity contribution < 1.29 is 22.7 Å². The van der Waals surface area contributed by atoms with E-state index in [1.54, 1.807) is 17.8 Å². The number of nitrogens with zero attached hydrogens (tertiary/aromatic N) is 4. The van der Waals surface area contributed by atoms with Gasteiger partial charge in [-0.2, -0.15) is 0 Å². The molecule has 11 heteroatoms. The molecule has 7 nitrogen and oxygen atoms in total. The second-order valence-electron chi connectivity index (χ2n) is 10.3. The third kappa shape index (κ3) is 7.98. The van der Waals surface area contributed by atoms with Crippen LogP contribution >= 0.6 is 11.8 Å². The van der Waals surface area contributed by atoms with Crippen LogP contribution in [0, 0.1) is 0 Å². The first-order valence-corrected chi connectivity index (χ1v) is 15.0. The summed E-state index contributed by atoms with van der Waals surface area (Å²) in [5, 5.41) is 8.44. The maximum absolute atomic E-state index is 12.7. The minimum atomic E-state index is -4.74. The molecule has 0 radical (unpaired) electrons. The number of rotatable bonds is 10. The average Bonchev–Trinajstić information content (AvgIpc) is 3.66. The molecular weight excluding hydrogens is 575 g/mol. The van der Waals surface area contributed by atoms with Crippen molar-refractivity contribution in [3.05, 3.63) is 101 Å². The Kier molecular flexibility index (Phi) is 9.40. The zero-order chi connectivity index (χ0) is 30.4. The van der Waals surface area contributed by atoms with Crippen molar-refractivity contribution >= 4 is 23.4 Å². The van der Waals surface area contributed by atoms with Gasteiger partial charge in [-0.15, -0.1) is 30.0 Å². The van der Waals surface area contributed by atoms with Gasteiger partial charge in [-0.05, 0) is 60.2 Å². The maximum Gasteiger partial charge on any atom is 0.573 e. The van der Waals surface area contributed by atoms with Gasteiger partial charge in [-0.25, -0.2) is 9.67 Å². The van der Waals surface area contributed by atoms with Gasteiger partial charge in [0.05, 0.1) is 10.7 Å². The normalized spacial score (nSPS) is 14.5. The third-order valence-corrected chi connectivity index (χ3v) is 7.94. The molecule has 1 amide bonds. The number of anilines is 1. The summed E-state index contributed by atoms with van der Waals surface area (Å²) in [6, 6.07) is 21.7. The molecule has 0 atom stereocenters. The second-order valence-corrected chi connectivity index (χ2v) is 11.5. The van der Waals surface area contributed by atoms with Crippen LogP contribution in [0.5, 0.6) is 5.75 Å². The molecule has 43 heavy (non-hydrogen) atoms. The summed E-state index contributed by atoms with van der Waals surface area (Å²) < 4.78 is 42.6. The van der Waals surface area contributed by atoms with Gasteiger partial charge in [-0.3, -0.25) is 4.79 Å². The number of nitrogens with one attached hydrogen (secondary N) is 1. The highest BCUT2D eigenvalue weighted by Crippen LogP contribution is 2.37. The number of amides is 1. The minimum Gasteiger partial charge on any atom is -0.406 e. The summed E-state index contributed by atoms with van der Waals surface area (Å²) in [6.07, 6.45) is 0.0707. The van der Waals surface area contributed by atoms with Gasteiger partial charge in [0.2, 0.25) is 5.91 Å². The fraction of sp³-hybridized carbons (Fsp3) is 0.281. The molecule has 1 fully saturated rings. The van der Waals surface area contributed by atoms with Crippen LogP contribution < -0.4 is 15.0 Å². The molecule has 1 aliphatic rings. The first-order chi connectivity index (χ1) is 20.7. The molecule has 0 bridgehead atoms. The summed E-state index contributed by atoms with van der Waals surface area (Å²) in [5.74, 6) is 1.46. The van der Waals surface area contributed by atoms with Crippen LogP contribution in [0.2, 0.25) is 0 Å². The van der Waals surface area contributed by atoms with E-state index < -0.39 is 6.36 Å². The molecule has 1 aromatic heterocycles. The van der Waals surface area contributed by atoms with Crippen LogP contribution in [-0.2, 0) is 11.2 Å². The zero-order valence-corrected chi connectivity index (χ0v) is 24.7. The van der Waals surface area contributed by atoms with E-state index in [1.807, 2.05) is 30.3 Å². The average molecular weight is 608 g/mol. The topological polar surface area (TPSA) is 72.3 Å². The van der Waals surface area contributed by atoms with Crippen LogP contribution in [0.15, 0.2) is 90.2 Å². The van der Waals surface area contributed by atoms with Crippen molar-refractivity contribution in [2.45, 2.75) is 39.0 Å². The van der Waals surface area contributed by atoms with Crippen molar-refractivity contribution in [2.75, 3.05) is 23.7 Å². The number of alkyl halides is 3. The largest absolute Gasteiger partial charge is 0.573 e. The van der Waals surface area contributed by atoms with E-state index >= 15 is 0 Å². The Bertz CT molecular complexity index is 1570. The summed E-state index contributed by atoms with van der Waals surface area (Å²) in [4.78, 5) is 19.3. The molecule has 0 unspecified atom stereocenters. The Hall–Kier alpha value is -4.25. The Morgan fingerprint density at radius 1 is 1.07 bits per heavy atom. The van der Waals surface area contributed by atoms with Crippen molar-refractivity contribution in [1.29, 1.82) is 0 Å². The van der Waals surface area contributed by atoms with Crippen LogP contribution in [0.1, 0.15) is 37.3 Å². The molecular formula is C32H32F3N5O2S. The molecule has 2 heterocycles. The number of hydrogen-bond acceptors (Lipinski definition) is 6. The van der Waals surface area contributed by atoms with E-state index in [9.17, 15) is 18.0 Å². The Balaban J connectivity index is 1.11. The van der Waals surface area contributed by atoms with Crippen molar-refractivity contribution in [1.82, 2.24) is 20.1 Å². The van der Waals surface area contributed by atoms with E-state index in [2.05, 4.69) is 57.1 Å². The highest BCUT2D eigenvalue weighted by atomic mass is 32.2. The smallest absolute Gasteiger partial charge is 0.406 e. The van der Waals surface area contributed by atoms with Crippen molar-refractivity contribution in [3.63, 3.8) is 0 Å². The molecule has 0 saturated carbocycles. The highest BCUT2D eigenvalue weighted by molar-refractivity contribution is 8.03. The number of hydrogen-bond donors (Lipinski definition) is 1. The number of aromatic nitrogens is 3. The van der Waals surface area contributed by atoms with E-state index in [0.717, 1.165) is 41.3 Å². The molecule has 3 aromatic carbocycles. The summed E-state index contributed by atoms with van der Waals surface area (Å²) in [5.41, 5.74) is 4.94. The summed E-state index contributed by atoms with van der Waals surface area (Å²) >= 11 is 1.70. The lowest BCUT2D eigenvalue weighted by Gasteiger charge is -2.24. The summed E-state index contributed by atoms with van der Waals surface area (Å²) in [6.45, 7) is 5.81. The van der Waals surface area contributed by atoms with Crippen LogP contribution in [-0.4, -0.2) is 45.9 Å². The van der Waals surface area contributed by atoms with Crippen LogP contribution in [0.4, 0.5) is 18.9 Å². The van der Waals surface area contributed by atoms with E-state index in [-0.39, 0.29) is 11.7 Å². The standard InChI is InChI=1S/C32H32F3N5O2S/c1-22(2)27-7-3-4-8-28(27)39-18-19-43-30(39)20-29(41)36-17-5-6-23-9-11-24(12-10-23)31-37-21-40(38-31)25-13-15-26(16-14-25)42-32(33,34)35/h3-4,7-16,20-22H,5-6,17-19H2,1-2H3,(H,36,41)/b30-20-. The monoisotopic (exact) mass is 607 g/mol. The first kappa shape index (κ1) is 30.2. The number of carbonyl (C=O) groups excluding carboxylic acids is 1. The van der Waals surface area contributed by atoms with Gasteiger partial charge in [0.1, 0.15) is 12.1 Å². The molecule has 0 aliphatic carbocycles. The number of carbonyl (C=O) groups is 1. The molecule has 1 aliphatic heterocycles. The van der Waals surface area contributed by atoms with Gasteiger partial charge in [0.25, 0.3) is 0 Å². The van der Waals surface area contributed by atoms with Gasteiger partial charge in [-0.1, -0.05) is 56.3 Å². The molecule has 0 spiro atoms. The molecule has 5 rings (SSSR count). The number of ether oxygens (including phenoxy) is 1. The van der Waals surface area contributed by atoms with Gasteiger partial charge in [0, 0.05) is 36.2 Å². The third-order valence-electron chi connectivity index (χ3n) is 6.92. The second kappa shape index (κ2) is 13.4. The summed E-state index contributed by atoms with van der Waals surface area (Å²) in [7, 11) is 0. The number of aryl methyl sites for hydroxylation is 1. The fourth-order valence-corrected chi connectivity index (χ4v) is 5.84. The van der Waals surface area contributed by atoms with Gasteiger partial charge in [0.15, 0.2) is 5.82 Å². The Labute approximate surface area is 252 Å². The Morgan fingerprint density at radius 3 is 2.53 bits per heavy atom. The number of para-hydroxylation sites is 1. The van der Waals surface area contributed by atoms with Crippen molar-refractivity contribution in [3.8, 4) is 22.8 Å². The van der Waals surface area contributed by atoms with Gasteiger partial charge < -0.3 is 15.0 Å². The molecule has 224 valence electrons. The number of thioether (sulfide) groups is 1. The van der Waals surface area contributed by atoms with Crippen LogP contribution in [0.3, 0.4) is 0 Å².